The summed E-state index contributed by atoms with van der Waals surface area (Å²) >= 11 is 1.20. The van der Waals surface area contributed by atoms with Crippen LogP contribution in [-0.4, -0.2) is 12.0 Å². The van der Waals surface area contributed by atoms with Gasteiger partial charge in [-0.15, -0.1) is 0 Å². The van der Waals surface area contributed by atoms with E-state index in [0.717, 1.165) is 12.1 Å². The average Bonchev–Trinajstić information content (AvgIpc) is 2.76. The molecule has 0 radical (unpaired) electrons. The second-order valence-electron chi connectivity index (χ2n) is 3.47. The van der Waals surface area contributed by atoms with Crippen LogP contribution in [0.5, 0.6) is 0 Å². The molecule has 0 aliphatic rings. The highest BCUT2D eigenvalue weighted by Crippen LogP contribution is 2.36. The van der Waals surface area contributed by atoms with Crippen molar-refractivity contribution in [2.75, 3.05) is 12.4 Å². The summed E-state index contributed by atoms with van der Waals surface area (Å²) in [4.78, 5) is 4.50. The molecule has 0 amide bonds. The molecule has 2 nitrogen and oxygen atoms in total. The van der Waals surface area contributed by atoms with Crippen LogP contribution in [0.1, 0.15) is 5.56 Å². The van der Waals surface area contributed by atoms with Crippen LogP contribution in [0.3, 0.4) is 0 Å². The van der Waals surface area contributed by atoms with Crippen molar-refractivity contribution in [2.24, 2.45) is 0 Å². The molecule has 1 aromatic carbocycles. The van der Waals surface area contributed by atoms with Crippen LogP contribution in [0.15, 0.2) is 24.4 Å². The van der Waals surface area contributed by atoms with E-state index in [2.05, 4.69) is 10.3 Å². The molecule has 2 aromatic rings. The van der Waals surface area contributed by atoms with E-state index in [1.54, 1.807) is 7.05 Å². The molecule has 0 saturated carbocycles. The molecule has 18 heavy (non-hydrogen) atoms. The summed E-state index contributed by atoms with van der Waals surface area (Å²) in [6, 6.07) is 2.91. The lowest BCUT2D eigenvalue weighted by molar-refractivity contribution is -0.139. The Labute approximate surface area is 104 Å². The fourth-order valence-corrected chi connectivity index (χ4v) is 2.18. The standard InChI is InChI=1S/C11H8F4N2S/c1-16-10-17-5-9(18-10)6-2-3-8(12)7(4-6)11(13,14)15/h2-5H,1H3,(H,16,17). The molecule has 96 valence electrons. The lowest BCUT2D eigenvalue weighted by Crippen LogP contribution is -2.07. The summed E-state index contributed by atoms with van der Waals surface area (Å²) in [7, 11) is 1.66. The summed E-state index contributed by atoms with van der Waals surface area (Å²) in [5, 5.41) is 3.37. The zero-order chi connectivity index (χ0) is 13.3. The number of hydrogen-bond donors (Lipinski definition) is 1. The van der Waals surface area contributed by atoms with Crippen molar-refractivity contribution in [3.8, 4) is 10.4 Å². The number of alkyl halides is 3. The van der Waals surface area contributed by atoms with Gasteiger partial charge in [0, 0.05) is 13.2 Å². The Morgan fingerprint density at radius 2 is 2.00 bits per heavy atom. The Bertz CT molecular complexity index is 562. The van der Waals surface area contributed by atoms with Gasteiger partial charge in [-0.25, -0.2) is 9.37 Å². The van der Waals surface area contributed by atoms with Crippen molar-refractivity contribution >= 4 is 16.5 Å². The Morgan fingerprint density at radius 3 is 2.56 bits per heavy atom. The van der Waals surface area contributed by atoms with E-state index in [1.807, 2.05) is 0 Å². The minimum absolute atomic E-state index is 0.294. The van der Waals surface area contributed by atoms with Crippen LogP contribution in [0, 0.1) is 5.82 Å². The fourth-order valence-electron chi connectivity index (χ4n) is 1.42. The van der Waals surface area contributed by atoms with Gasteiger partial charge in [0.2, 0.25) is 0 Å². The molecule has 0 aliphatic heterocycles. The molecule has 0 saturated heterocycles. The first-order chi connectivity index (χ1) is 8.41. The number of thiazole rings is 1. The highest BCUT2D eigenvalue weighted by atomic mass is 32.1. The maximum atomic E-state index is 13.1. The second-order valence-corrected chi connectivity index (χ2v) is 4.50. The monoisotopic (exact) mass is 276 g/mol. The van der Waals surface area contributed by atoms with Crippen LogP contribution in [0.2, 0.25) is 0 Å². The van der Waals surface area contributed by atoms with Gasteiger partial charge < -0.3 is 5.32 Å². The van der Waals surface area contributed by atoms with E-state index in [4.69, 9.17) is 0 Å². The van der Waals surface area contributed by atoms with E-state index in [9.17, 15) is 17.6 Å². The third kappa shape index (κ3) is 2.45. The van der Waals surface area contributed by atoms with E-state index < -0.39 is 17.6 Å². The number of aromatic nitrogens is 1. The minimum Gasteiger partial charge on any atom is -0.365 e. The number of halogens is 4. The van der Waals surface area contributed by atoms with Gasteiger partial charge in [0.25, 0.3) is 0 Å². The Balaban J connectivity index is 2.47. The summed E-state index contributed by atoms with van der Waals surface area (Å²) in [6.07, 6.45) is -3.25. The Hall–Kier alpha value is -1.63. The van der Waals surface area contributed by atoms with Crippen molar-refractivity contribution < 1.29 is 17.6 Å². The van der Waals surface area contributed by atoms with Gasteiger partial charge in [-0.05, 0) is 17.7 Å². The lowest BCUT2D eigenvalue weighted by atomic mass is 10.1. The van der Waals surface area contributed by atoms with E-state index in [0.29, 0.717) is 15.6 Å². The zero-order valence-electron chi connectivity index (χ0n) is 9.18. The fraction of sp³-hybridized carbons (Fsp3) is 0.182. The summed E-state index contributed by atoms with van der Waals surface area (Å²) in [5.74, 6) is -1.27. The van der Waals surface area contributed by atoms with Crippen LogP contribution < -0.4 is 5.32 Å². The molecule has 0 aliphatic carbocycles. The largest absolute Gasteiger partial charge is 0.419 e. The smallest absolute Gasteiger partial charge is 0.365 e. The highest BCUT2D eigenvalue weighted by molar-refractivity contribution is 7.18. The number of nitrogens with one attached hydrogen (secondary N) is 1. The first-order valence-corrected chi connectivity index (χ1v) is 5.74. The lowest BCUT2D eigenvalue weighted by Gasteiger charge is -2.09. The summed E-state index contributed by atoms with van der Waals surface area (Å²) < 4.78 is 50.8. The van der Waals surface area contributed by atoms with Crippen molar-refractivity contribution in [3.63, 3.8) is 0 Å². The van der Waals surface area contributed by atoms with Crippen molar-refractivity contribution in [3.05, 3.63) is 35.8 Å². The van der Waals surface area contributed by atoms with Gasteiger partial charge in [-0.1, -0.05) is 17.4 Å². The van der Waals surface area contributed by atoms with Crippen LogP contribution >= 0.6 is 11.3 Å². The number of rotatable bonds is 2. The maximum Gasteiger partial charge on any atom is 0.419 e. The molecule has 0 fully saturated rings. The molecule has 0 unspecified atom stereocenters. The highest BCUT2D eigenvalue weighted by Gasteiger charge is 2.34. The maximum absolute atomic E-state index is 13.1. The van der Waals surface area contributed by atoms with Gasteiger partial charge in [-0.3, -0.25) is 0 Å². The van der Waals surface area contributed by atoms with Gasteiger partial charge in [0.05, 0.1) is 10.4 Å². The predicted molar refractivity (Wildman–Crippen MR) is 62.1 cm³/mol. The summed E-state index contributed by atoms with van der Waals surface area (Å²) in [5.41, 5.74) is -0.970. The number of hydrogen-bond acceptors (Lipinski definition) is 3. The molecule has 2 rings (SSSR count). The first kappa shape index (κ1) is 12.8. The van der Waals surface area contributed by atoms with Gasteiger partial charge in [0.1, 0.15) is 5.82 Å². The van der Waals surface area contributed by atoms with Crippen molar-refractivity contribution in [1.29, 1.82) is 0 Å². The van der Waals surface area contributed by atoms with Gasteiger partial charge in [0.15, 0.2) is 5.13 Å². The van der Waals surface area contributed by atoms with Crippen LogP contribution in [0.25, 0.3) is 10.4 Å². The molecule has 0 spiro atoms. The Kier molecular flexibility index (Phi) is 3.25. The molecule has 0 atom stereocenters. The van der Waals surface area contributed by atoms with Gasteiger partial charge in [-0.2, -0.15) is 13.2 Å². The van der Waals surface area contributed by atoms with Crippen molar-refractivity contribution in [1.82, 2.24) is 4.98 Å². The third-order valence-corrected chi connectivity index (χ3v) is 3.34. The van der Waals surface area contributed by atoms with Gasteiger partial charge >= 0.3 is 6.18 Å². The van der Waals surface area contributed by atoms with E-state index in [1.165, 1.54) is 23.6 Å². The van der Waals surface area contributed by atoms with E-state index in [-0.39, 0.29) is 0 Å². The molecular weight excluding hydrogens is 268 g/mol. The normalized spacial score (nSPS) is 11.6. The van der Waals surface area contributed by atoms with E-state index >= 15 is 0 Å². The molecule has 1 N–H and O–H groups in total. The number of benzene rings is 1. The number of anilines is 1. The first-order valence-electron chi connectivity index (χ1n) is 4.92. The minimum atomic E-state index is -4.70. The summed E-state index contributed by atoms with van der Waals surface area (Å²) in [6.45, 7) is 0. The van der Waals surface area contributed by atoms with Crippen molar-refractivity contribution in [2.45, 2.75) is 6.18 Å². The van der Waals surface area contributed by atoms with Crippen LogP contribution in [0.4, 0.5) is 22.7 Å². The molecule has 0 bridgehead atoms. The average molecular weight is 276 g/mol. The number of nitrogens with zero attached hydrogens (tertiary/aromatic N) is 1. The zero-order valence-corrected chi connectivity index (χ0v) is 9.99. The van der Waals surface area contributed by atoms with Crippen LogP contribution in [-0.2, 0) is 6.18 Å². The third-order valence-electron chi connectivity index (χ3n) is 2.28. The molecule has 7 heteroatoms. The second kappa shape index (κ2) is 4.56. The Morgan fingerprint density at radius 1 is 1.28 bits per heavy atom. The topological polar surface area (TPSA) is 24.9 Å². The molecular formula is C11H8F4N2S. The SMILES string of the molecule is CNc1ncc(-c2ccc(F)c(C(F)(F)F)c2)s1. The molecule has 1 aromatic heterocycles. The quantitative estimate of drug-likeness (QED) is 0.838. The molecule has 1 heterocycles. The predicted octanol–water partition coefficient (Wildman–Crippen LogP) is 4.01.